The molecule has 0 saturated heterocycles. The third kappa shape index (κ3) is 59.2. The lowest BCUT2D eigenvalue weighted by Gasteiger charge is -2.24. The minimum Gasteiger partial charge on any atom is -0.462 e. The average Bonchev–Trinajstić information content (AvgIpc) is 3.36. The summed E-state index contributed by atoms with van der Waals surface area (Å²) in [5.41, 5.74) is 0. The van der Waals surface area contributed by atoms with E-state index in [1.54, 1.807) is 0 Å². The van der Waals surface area contributed by atoms with Crippen LogP contribution in [0.2, 0.25) is 0 Å². The highest BCUT2D eigenvalue weighted by Gasteiger charge is 2.27. The average molecular weight is 1060 g/mol. The van der Waals surface area contributed by atoms with E-state index in [9.17, 15) is 19.0 Å². The summed E-state index contributed by atoms with van der Waals surface area (Å²) in [6.07, 6.45) is 70.5. The van der Waals surface area contributed by atoms with Crippen molar-refractivity contribution in [2.75, 3.05) is 47.5 Å². The number of nitrogens with zero attached hydrogens (tertiary/aromatic N) is 1. The van der Waals surface area contributed by atoms with Gasteiger partial charge < -0.3 is 18.9 Å². The minimum absolute atomic E-state index is 0.0321. The van der Waals surface area contributed by atoms with Gasteiger partial charge in [0.1, 0.15) is 19.8 Å². The highest BCUT2D eigenvalue weighted by atomic mass is 31.2. The molecule has 0 spiro atoms. The monoisotopic (exact) mass is 1060 g/mol. The molecule has 0 aliphatic rings. The number of hydrogen-bond donors (Lipinski definition) is 1. The van der Waals surface area contributed by atoms with Crippen LogP contribution >= 0.6 is 7.82 Å². The molecule has 0 saturated carbocycles. The lowest BCUT2D eigenvalue weighted by atomic mass is 10.0. The molecule has 0 aromatic heterocycles. The molecule has 2 unspecified atom stereocenters. The normalized spacial score (nSPS) is 13.5. The van der Waals surface area contributed by atoms with Gasteiger partial charge in [0.15, 0.2) is 6.10 Å². The number of esters is 2. The predicted octanol–water partition coefficient (Wildman–Crippen LogP) is 19.7. The van der Waals surface area contributed by atoms with Crippen LogP contribution in [0.15, 0.2) is 48.6 Å². The Bertz CT molecular complexity index is 1390. The van der Waals surface area contributed by atoms with Crippen LogP contribution in [0.3, 0.4) is 0 Å². The Morgan fingerprint density at radius 3 is 1.09 bits per heavy atom. The standard InChI is InChI=1S/C64H120NO8P/c1-6-8-10-12-14-16-18-20-22-24-26-27-28-29-30-31-32-33-34-35-36-37-39-41-43-45-47-49-51-53-55-57-64(67)73-62(61-72-74(68,69)71-59-58-65(3,4)5)60-70-63(66)56-54-52-50-48-46-44-42-40-38-25-23-21-19-17-15-13-11-9-7-2/h18,20-21,23-24,26,28-29,62H,6-17,19,22,25,27,30-61H2,1-5H3/p+1/b20-18-,23-21-,26-24-,29-28-. The maximum absolute atomic E-state index is 12.8. The molecular weight excluding hydrogens is 942 g/mol. The van der Waals surface area contributed by atoms with Crippen molar-refractivity contribution in [2.45, 2.75) is 302 Å². The molecule has 0 radical (unpaired) electrons. The predicted molar refractivity (Wildman–Crippen MR) is 317 cm³/mol. The van der Waals surface area contributed by atoms with Crippen molar-refractivity contribution in [1.82, 2.24) is 0 Å². The Kier molecular flexibility index (Phi) is 54.2. The molecular formula is C64H121NO8P+. The zero-order chi connectivity index (χ0) is 54.2. The lowest BCUT2D eigenvalue weighted by Crippen LogP contribution is -2.37. The van der Waals surface area contributed by atoms with Gasteiger partial charge in [-0.05, 0) is 77.0 Å². The number of allylic oxidation sites excluding steroid dienone is 8. The summed E-state index contributed by atoms with van der Waals surface area (Å²) in [4.78, 5) is 35.7. The number of hydrogen-bond acceptors (Lipinski definition) is 7. The third-order valence-electron chi connectivity index (χ3n) is 13.8. The van der Waals surface area contributed by atoms with Crippen molar-refractivity contribution in [3.8, 4) is 0 Å². The molecule has 0 rings (SSSR count). The molecule has 0 aliphatic carbocycles. The number of likely N-dealkylation sites (N-methyl/N-ethyl adjacent to an activating group) is 1. The highest BCUT2D eigenvalue weighted by Crippen LogP contribution is 2.43. The number of quaternary nitrogens is 1. The number of phosphoric ester groups is 1. The molecule has 2 atom stereocenters. The number of carbonyl (C=O) groups is 2. The molecule has 0 heterocycles. The summed E-state index contributed by atoms with van der Waals surface area (Å²) in [5, 5.41) is 0. The zero-order valence-corrected chi connectivity index (χ0v) is 50.2. The van der Waals surface area contributed by atoms with Gasteiger partial charge in [0.25, 0.3) is 0 Å². The fourth-order valence-electron chi connectivity index (χ4n) is 8.96. The van der Waals surface area contributed by atoms with Crippen LogP contribution in [0.1, 0.15) is 296 Å². The largest absolute Gasteiger partial charge is 0.472 e. The Morgan fingerprint density at radius 2 is 0.730 bits per heavy atom. The maximum atomic E-state index is 12.8. The van der Waals surface area contributed by atoms with E-state index in [0.29, 0.717) is 17.4 Å². The first-order chi connectivity index (χ1) is 36.0. The van der Waals surface area contributed by atoms with Gasteiger partial charge in [-0.15, -0.1) is 0 Å². The van der Waals surface area contributed by atoms with E-state index in [2.05, 4.69) is 62.5 Å². The molecule has 1 N–H and O–H groups in total. The van der Waals surface area contributed by atoms with Gasteiger partial charge in [0.2, 0.25) is 0 Å². The lowest BCUT2D eigenvalue weighted by molar-refractivity contribution is -0.870. The van der Waals surface area contributed by atoms with Crippen molar-refractivity contribution in [1.29, 1.82) is 0 Å². The molecule has 10 heteroatoms. The second kappa shape index (κ2) is 55.7. The van der Waals surface area contributed by atoms with Gasteiger partial charge in [-0.25, -0.2) is 4.57 Å². The first kappa shape index (κ1) is 72.0. The van der Waals surface area contributed by atoms with Crippen LogP contribution in [0.4, 0.5) is 0 Å². The van der Waals surface area contributed by atoms with Crippen molar-refractivity contribution >= 4 is 19.8 Å². The Balaban J connectivity index is 4.07. The van der Waals surface area contributed by atoms with Crippen LogP contribution < -0.4 is 0 Å². The number of rotatable bonds is 58. The topological polar surface area (TPSA) is 108 Å². The van der Waals surface area contributed by atoms with Gasteiger partial charge in [-0.1, -0.05) is 255 Å². The Morgan fingerprint density at radius 1 is 0.419 bits per heavy atom. The van der Waals surface area contributed by atoms with E-state index in [-0.39, 0.29) is 32.0 Å². The molecule has 0 aliphatic heterocycles. The van der Waals surface area contributed by atoms with E-state index < -0.39 is 26.5 Å². The number of phosphoric acid groups is 1. The van der Waals surface area contributed by atoms with Gasteiger partial charge in [0, 0.05) is 12.8 Å². The van der Waals surface area contributed by atoms with Crippen LogP contribution in [0, 0.1) is 0 Å². The summed E-state index contributed by atoms with van der Waals surface area (Å²) in [6.45, 7) is 4.45. The van der Waals surface area contributed by atoms with Crippen LogP contribution in [0.25, 0.3) is 0 Å². The molecule has 0 bridgehead atoms. The molecule has 0 aromatic carbocycles. The van der Waals surface area contributed by atoms with Crippen LogP contribution in [0.5, 0.6) is 0 Å². The van der Waals surface area contributed by atoms with Gasteiger partial charge >= 0.3 is 19.8 Å². The number of ether oxygens (including phenoxy) is 2. The smallest absolute Gasteiger partial charge is 0.462 e. The second-order valence-corrected chi connectivity index (χ2v) is 23.9. The van der Waals surface area contributed by atoms with Crippen molar-refractivity contribution < 1.29 is 42.1 Å². The molecule has 434 valence electrons. The quantitative estimate of drug-likeness (QED) is 0.0211. The fraction of sp³-hybridized carbons (Fsp3) is 0.844. The van der Waals surface area contributed by atoms with Crippen molar-refractivity contribution in [3.63, 3.8) is 0 Å². The maximum Gasteiger partial charge on any atom is 0.472 e. The first-order valence-corrected chi connectivity index (χ1v) is 32.9. The fourth-order valence-corrected chi connectivity index (χ4v) is 9.70. The molecule has 9 nitrogen and oxygen atoms in total. The summed E-state index contributed by atoms with van der Waals surface area (Å²) in [6, 6.07) is 0. The van der Waals surface area contributed by atoms with Gasteiger partial charge in [-0.3, -0.25) is 18.6 Å². The summed E-state index contributed by atoms with van der Waals surface area (Å²) >= 11 is 0. The van der Waals surface area contributed by atoms with Gasteiger partial charge in [0.05, 0.1) is 27.7 Å². The minimum atomic E-state index is -4.39. The first-order valence-electron chi connectivity index (χ1n) is 31.4. The Labute approximate surface area is 458 Å². The molecule has 0 amide bonds. The van der Waals surface area contributed by atoms with Crippen molar-refractivity contribution in [2.24, 2.45) is 0 Å². The highest BCUT2D eigenvalue weighted by molar-refractivity contribution is 7.47. The number of unbranched alkanes of at least 4 members (excludes halogenated alkanes) is 36. The number of carbonyl (C=O) groups excluding carboxylic acids is 2. The second-order valence-electron chi connectivity index (χ2n) is 22.4. The Hall–Kier alpha value is -2.03. The summed E-state index contributed by atoms with van der Waals surface area (Å²) < 4.78 is 34.6. The van der Waals surface area contributed by atoms with Crippen molar-refractivity contribution in [3.05, 3.63) is 48.6 Å². The molecule has 0 fully saturated rings. The molecule has 0 aromatic rings. The van der Waals surface area contributed by atoms with E-state index in [4.69, 9.17) is 18.5 Å². The SMILES string of the molecule is CCCCCCC/C=C\C/C=C\C/C=C\CCCCCCCCCCCCCCCCCCC(=O)OC(COC(=O)CCCCCCCCCCC/C=C\CCCCCCCC)COP(=O)(O)OCC[N+](C)(C)C. The van der Waals surface area contributed by atoms with E-state index in [1.165, 1.54) is 218 Å². The summed E-state index contributed by atoms with van der Waals surface area (Å²) in [5.74, 6) is -0.788. The molecule has 74 heavy (non-hydrogen) atoms. The van der Waals surface area contributed by atoms with Crippen LogP contribution in [-0.2, 0) is 32.7 Å². The van der Waals surface area contributed by atoms with Gasteiger partial charge in [-0.2, -0.15) is 0 Å². The van der Waals surface area contributed by atoms with Crippen LogP contribution in [-0.4, -0.2) is 74.9 Å². The van der Waals surface area contributed by atoms with E-state index in [1.807, 2.05) is 21.1 Å². The third-order valence-corrected chi connectivity index (χ3v) is 14.8. The zero-order valence-electron chi connectivity index (χ0n) is 49.3. The summed E-state index contributed by atoms with van der Waals surface area (Å²) in [7, 11) is 1.49. The van der Waals surface area contributed by atoms with E-state index in [0.717, 1.165) is 44.9 Å². The van der Waals surface area contributed by atoms with E-state index >= 15 is 0 Å².